The van der Waals surface area contributed by atoms with Gasteiger partial charge in [0.1, 0.15) is 11.2 Å². The number of nitrogens with one attached hydrogen (secondary N) is 1. The molecule has 0 aliphatic carbocycles. The van der Waals surface area contributed by atoms with Crippen LogP contribution in [0.1, 0.15) is 26.6 Å². The van der Waals surface area contributed by atoms with Gasteiger partial charge in [0, 0.05) is 4.88 Å². The Balaban J connectivity index is 1.51. The fourth-order valence-corrected chi connectivity index (χ4v) is 3.83. The number of benzene rings is 1. The molecule has 0 fully saturated rings. The Morgan fingerprint density at radius 3 is 2.87 bits per heavy atom. The molecule has 8 nitrogen and oxygen atoms in total. The van der Waals surface area contributed by atoms with E-state index in [2.05, 4.69) is 27.4 Å². The molecule has 1 aromatic carbocycles. The van der Waals surface area contributed by atoms with Crippen LogP contribution in [0.5, 0.6) is 11.5 Å². The van der Waals surface area contributed by atoms with Gasteiger partial charge in [-0.15, -0.1) is 11.3 Å². The highest BCUT2D eigenvalue weighted by Gasteiger charge is 2.15. The average molecular weight is 422 g/mol. The molecule has 3 aromatic heterocycles. The Labute approximate surface area is 176 Å². The van der Waals surface area contributed by atoms with Crippen LogP contribution in [0.25, 0.3) is 10.2 Å². The molecule has 0 saturated heterocycles. The molecular weight excluding hydrogens is 404 g/mol. The van der Waals surface area contributed by atoms with Gasteiger partial charge in [-0.25, -0.2) is 14.8 Å². The van der Waals surface area contributed by atoms with Gasteiger partial charge in [-0.1, -0.05) is 0 Å². The zero-order chi connectivity index (χ0) is 21.1. The summed E-state index contributed by atoms with van der Waals surface area (Å²) in [5, 5.41) is 5.25. The second-order valence-electron chi connectivity index (χ2n) is 6.33. The first kappa shape index (κ1) is 19.6. The number of anilines is 1. The van der Waals surface area contributed by atoms with E-state index >= 15 is 0 Å². The second-order valence-corrected chi connectivity index (χ2v) is 7.54. The van der Waals surface area contributed by atoms with Gasteiger partial charge in [0.05, 0.1) is 25.0 Å². The molecule has 9 heteroatoms. The third-order valence-corrected chi connectivity index (χ3v) is 5.58. The van der Waals surface area contributed by atoms with E-state index in [1.54, 1.807) is 41.8 Å². The van der Waals surface area contributed by atoms with Crippen LogP contribution in [0.2, 0.25) is 0 Å². The SMILES string of the molecule is COc1cc(/C=N/Nc2ncnc3sc(C)c(C)c23)ccc1OC(=O)c1ccco1. The van der Waals surface area contributed by atoms with E-state index in [9.17, 15) is 4.79 Å². The normalized spacial score (nSPS) is 11.2. The van der Waals surface area contributed by atoms with Crippen molar-refractivity contribution in [2.75, 3.05) is 12.5 Å². The number of thiophene rings is 1. The van der Waals surface area contributed by atoms with Gasteiger partial charge in [0.15, 0.2) is 17.3 Å². The van der Waals surface area contributed by atoms with Crippen molar-refractivity contribution in [1.82, 2.24) is 9.97 Å². The molecule has 0 atom stereocenters. The maximum absolute atomic E-state index is 12.1. The first-order chi connectivity index (χ1) is 14.6. The molecular formula is C21H18N4O4S. The molecule has 0 spiro atoms. The van der Waals surface area contributed by atoms with Crippen molar-refractivity contribution in [3.63, 3.8) is 0 Å². The zero-order valence-electron chi connectivity index (χ0n) is 16.5. The van der Waals surface area contributed by atoms with Crippen LogP contribution in [0.3, 0.4) is 0 Å². The van der Waals surface area contributed by atoms with Gasteiger partial charge in [0.25, 0.3) is 0 Å². The number of carbonyl (C=O) groups is 1. The lowest BCUT2D eigenvalue weighted by Gasteiger charge is -2.09. The zero-order valence-corrected chi connectivity index (χ0v) is 17.3. The Morgan fingerprint density at radius 1 is 1.23 bits per heavy atom. The summed E-state index contributed by atoms with van der Waals surface area (Å²) in [7, 11) is 1.50. The number of aromatic nitrogens is 2. The first-order valence-corrected chi connectivity index (χ1v) is 9.82. The Morgan fingerprint density at radius 2 is 2.10 bits per heavy atom. The van der Waals surface area contributed by atoms with Crippen molar-refractivity contribution in [3.8, 4) is 11.5 Å². The summed E-state index contributed by atoms with van der Waals surface area (Å²) in [6.07, 6.45) is 4.55. The topological polar surface area (TPSA) is 98.8 Å². The number of nitrogens with zero attached hydrogens (tertiary/aromatic N) is 3. The van der Waals surface area contributed by atoms with Crippen molar-refractivity contribution in [2.45, 2.75) is 13.8 Å². The van der Waals surface area contributed by atoms with Gasteiger partial charge >= 0.3 is 5.97 Å². The third kappa shape index (κ3) is 3.87. The number of fused-ring (bicyclic) bond motifs is 1. The lowest BCUT2D eigenvalue weighted by Crippen LogP contribution is -2.08. The fourth-order valence-electron chi connectivity index (χ4n) is 2.83. The summed E-state index contributed by atoms with van der Waals surface area (Å²) < 4.78 is 15.7. The van der Waals surface area contributed by atoms with Crippen molar-refractivity contribution in [3.05, 3.63) is 64.7 Å². The number of rotatable bonds is 6. The Bertz CT molecular complexity index is 1230. The summed E-state index contributed by atoms with van der Waals surface area (Å²) in [6.45, 7) is 4.10. The van der Waals surface area contributed by atoms with E-state index in [0.717, 1.165) is 21.3 Å². The van der Waals surface area contributed by atoms with E-state index in [0.29, 0.717) is 11.6 Å². The van der Waals surface area contributed by atoms with E-state index in [4.69, 9.17) is 13.9 Å². The summed E-state index contributed by atoms with van der Waals surface area (Å²) in [6, 6.07) is 8.25. The molecule has 3 heterocycles. The summed E-state index contributed by atoms with van der Waals surface area (Å²) in [5.41, 5.74) is 4.87. The smallest absolute Gasteiger partial charge is 0.379 e. The predicted octanol–water partition coefficient (Wildman–Crippen LogP) is 4.57. The lowest BCUT2D eigenvalue weighted by molar-refractivity contribution is 0.0696. The largest absolute Gasteiger partial charge is 0.493 e. The highest BCUT2D eigenvalue weighted by molar-refractivity contribution is 7.18. The Kier molecular flexibility index (Phi) is 5.44. The number of hydrazone groups is 1. The summed E-state index contributed by atoms with van der Waals surface area (Å²) in [5.74, 6) is 0.838. The fraction of sp³-hybridized carbons (Fsp3) is 0.143. The molecule has 1 N–H and O–H groups in total. The molecule has 0 radical (unpaired) electrons. The number of carbonyl (C=O) groups excluding carboxylic acids is 1. The van der Waals surface area contributed by atoms with E-state index in [1.807, 2.05) is 6.92 Å². The van der Waals surface area contributed by atoms with Crippen LogP contribution in [0.15, 0.2) is 52.4 Å². The lowest BCUT2D eigenvalue weighted by atomic mass is 10.2. The predicted molar refractivity (Wildman–Crippen MR) is 115 cm³/mol. The number of hydrogen-bond donors (Lipinski definition) is 1. The minimum atomic E-state index is -0.601. The van der Waals surface area contributed by atoms with Crippen LogP contribution in [-0.4, -0.2) is 29.3 Å². The quantitative estimate of drug-likeness (QED) is 0.210. The molecule has 0 aliphatic rings. The number of hydrogen-bond acceptors (Lipinski definition) is 9. The van der Waals surface area contributed by atoms with E-state index in [1.165, 1.54) is 30.6 Å². The van der Waals surface area contributed by atoms with Crippen molar-refractivity contribution in [1.29, 1.82) is 0 Å². The van der Waals surface area contributed by atoms with Gasteiger partial charge < -0.3 is 13.9 Å². The van der Waals surface area contributed by atoms with Crippen LogP contribution in [0.4, 0.5) is 5.82 Å². The standard InChI is InChI=1S/C21H18N4O4S/c1-12-13(2)30-20-18(12)19(22-11-23-20)25-24-10-14-6-7-15(17(9-14)27-3)29-21(26)16-5-4-8-28-16/h4-11H,1-3H3,(H,22,23,25)/b24-10+. The molecule has 0 aliphatic heterocycles. The number of esters is 1. The van der Waals surface area contributed by atoms with Crippen LogP contribution < -0.4 is 14.9 Å². The average Bonchev–Trinajstić information content (AvgIpc) is 3.38. The molecule has 30 heavy (non-hydrogen) atoms. The highest BCUT2D eigenvalue weighted by Crippen LogP contribution is 2.32. The monoisotopic (exact) mass is 422 g/mol. The van der Waals surface area contributed by atoms with E-state index in [-0.39, 0.29) is 11.5 Å². The molecule has 4 aromatic rings. The highest BCUT2D eigenvalue weighted by atomic mass is 32.1. The van der Waals surface area contributed by atoms with Gasteiger partial charge in [-0.05, 0) is 55.3 Å². The number of ether oxygens (including phenoxy) is 2. The van der Waals surface area contributed by atoms with E-state index < -0.39 is 5.97 Å². The number of furan rings is 1. The third-order valence-electron chi connectivity index (χ3n) is 4.46. The summed E-state index contributed by atoms with van der Waals surface area (Å²) >= 11 is 1.63. The van der Waals surface area contributed by atoms with Crippen LogP contribution in [0, 0.1) is 13.8 Å². The van der Waals surface area contributed by atoms with Crippen molar-refractivity contribution < 1.29 is 18.7 Å². The second kappa shape index (κ2) is 8.34. The molecule has 0 unspecified atom stereocenters. The van der Waals surface area contributed by atoms with Crippen LogP contribution >= 0.6 is 11.3 Å². The minimum Gasteiger partial charge on any atom is -0.493 e. The van der Waals surface area contributed by atoms with Gasteiger partial charge in [0.2, 0.25) is 5.76 Å². The number of aryl methyl sites for hydroxylation is 2. The maximum Gasteiger partial charge on any atom is 0.379 e. The first-order valence-electron chi connectivity index (χ1n) is 9.00. The minimum absolute atomic E-state index is 0.113. The molecule has 152 valence electrons. The van der Waals surface area contributed by atoms with Crippen molar-refractivity contribution >= 4 is 39.6 Å². The van der Waals surface area contributed by atoms with Crippen LogP contribution in [-0.2, 0) is 0 Å². The maximum atomic E-state index is 12.1. The van der Waals surface area contributed by atoms with Gasteiger partial charge in [-0.2, -0.15) is 5.10 Å². The molecule has 4 rings (SSSR count). The number of methoxy groups -OCH3 is 1. The Hall–Kier alpha value is -3.72. The molecule has 0 saturated carbocycles. The molecule has 0 amide bonds. The molecule has 0 bridgehead atoms. The van der Waals surface area contributed by atoms with Crippen molar-refractivity contribution in [2.24, 2.45) is 5.10 Å². The summed E-state index contributed by atoms with van der Waals surface area (Å²) in [4.78, 5) is 22.8. The van der Waals surface area contributed by atoms with Gasteiger partial charge in [-0.3, -0.25) is 5.43 Å².